The second-order valence-corrected chi connectivity index (χ2v) is 4.27. The largest absolute Gasteiger partial charge is 0.297 e. The van der Waals surface area contributed by atoms with Crippen molar-refractivity contribution in [3.05, 3.63) is 46.8 Å². The molecule has 7 heteroatoms. The van der Waals surface area contributed by atoms with Gasteiger partial charge in [0.1, 0.15) is 5.69 Å². The van der Waals surface area contributed by atoms with Gasteiger partial charge in [-0.25, -0.2) is 19.3 Å². The maximum absolute atomic E-state index is 13.7. The fraction of sp³-hybridized carbons (Fsp3) is 0. The lowest BCUT2D eigenvalue weighted by atomic mass is 10.3. The van der Waals surface area contributed by atoms with Crippen LogP contribution in [-0.2, 0) is 0 Å². The molecule has 0 aliphatic heterocycles. The predicted octanol–water partition coefficient (Wildman–Crippen LogP) is 3.24. The standard InChI is InChI=1S/C11H5Cl2FN4/c12-6-2-1-3-18-8(5-15-10(6)18)9-7(14)4-16-11(13)17-9/h1-5H. The van der Waals surface area contributed by atoms with Gasteiger partial charge in [-0.3, -0.25) is 4.40 Å². The number of rotatable bonds is 1. The van der Waals surface area contributed by atoms with E-state index in [9.17, 15) is 4.39 Å². The molecule has 0 radical (unpaired) electrons. The van der Waals surface area contributed by atoms with Gasteiger partial charge in [-0.05, 0) is 23.7 Å². The Bertz CT molecular complexity index is 741. The molecule has 0 N–H and O–H groups in total. The topological polar surface area (TPSA) is 43.1 Å². The Morgan fingerprint density at radius 2 is 2.00 bits per heavy atom. The average molecular weight is 283 g/mol. The van der Waals surface area contributed by atoms with E-state index in [0.29, 0.717) is 16.4 Å². The third-order valence-electron chi connectivity index (χ3n) is 2.45. The molecule has 3 aromatic rings. The number of halogens is 3. The Hall–Kier alpha value is -1.72. The molecule has 3 aromatic heterocycles. The summed E-state index contributed by atoms with van der Waals surface area (Å²) in [5, 5.41) is 0.452. The molecule has 0 bridgehead atoms. The number of nitrogens with zero attached hydrogens (tertiary/aromatic N) is 4. The predicted molar refractivity (Wildman–Crippen MR) is 66.2 cm³/mol. The van der Waals surface area contributed by atoms with Crippen LogP contribution in [0.5, 0.6) is 0 Å². The molecule has 90 valence electrons. The smallest absolute Gasteiger partial charge is 0.223 e. The van der Waals surface area contributed by atoms with E-state index in [1.807, 2.05) is 0 Å². The summed E-state index contributed by atoms with van der Waals surface area (Å²) >= 11 is 11.7. The van der Waals surface area contributed by atoms with Gasteiger partial charge in [-0.15, -0.1) is 0 Å². The molecule has 18 heavy (non-hydrogen) atoms. The van der Waals surface area contributed by atoms with E-state index in [1.54, 1.807) is 22.7 Å². The van der Waals surface area contributed by atoms with Gasteiger partial charge in [-0.1, -0.05) is 11.6 Å². The minimum absolute atomic E-state index is 0.0246. The van der Waals surface area contributed by atoms with Gasteiger partial charge in [0.15, 0.2) is 11.5 Å². The summed E-state index contributed by atoms with van der Waals surface area (Å²) in [6, 6.07) is 3.44. The van der Waals surface area contributed by atoms with E-state index in [0.717, 1.165) is 6.20 Å². The lowest BCUT2D eigenvalue weighted by Crippen LogP contribution is -1.96. The van der Waals surface area contributed by atoms with Crippen molar-refractivity contribution < 1.29 is 4.39 Å². The molecule has 4 nitrogen and oxygen atoms in total. The summed E-state index contributed by atoms with van der Waals surface area (Å²) in [7, 11) is 0. The van der Waals surface area contributed by atoms with Gasteiger partial charge in [0.05, 0.1) is 23.1 Å². The zero-order chi connectivity index (χ0) is 12.7. The zero-order valence-corrected chi connectivity index (χ0v) is 10.3. The van der Waals surface area contributed by atoms with E-state index in [1.165, 1.54) is 6.20 Å². The summed E-state index contributed by atoms with van der Waals surface area (Å²) in [5.41, 5.74) is 1.09. The monoisotopic (exact) mass is 282 g/mol. The molecule has 0 atom stereocenters. The first-order valence-corrected chi connectivity index (χ1v) is 5.72. The van der Waals surface area contributed by atoms with Crippen LogP contribution in [0.25, 0.3) is 17.0 Å². The van der Waals surface area contributed by atoms with Crippen LogP contribution in [0.15, 0.2) is 30.7 Å². The van der Waals surface area contributed by atoms with Crippen molar-refractivity contribution in [3.8, 4) is 11.4 Å². The number of aromatic nitrogens is 4. The molecule has 0 saturated carbocycles. The number of fused-ring (bicyclic) bond motifs is 1. The SMILES string of the molecule is Fc1cnc(Cl)nc1-c1cnc2c(Cl)cccn12. The zero-order valence-electron chi connectivity index (χ0n) is 8.81. The Labute approximate surface area is 111 Å². The molecule has 0 unspecified atom stereocenters. The van der Waals surface area contributed by atoms with Crippen LogP contribution in [0, 0.1) is 5.82 Å². The minimum atomic E-state index is -0.568. The first-order valence-electron chi connectivity index (χ1n) is 4.97. The maximum atomic E-state index is 13.7. The quantitative estimate of drug-likeness (QED) is 0.644. The first kappa shape index (κ1) is 11.4. The fourth-order valence-electron chi connectivity index (χ4n) is 1.68. The number of hydrogen-bond donors (Lipinski definition) is 0. The van der Waals surface area contributed by atoms with Crippen LogP contribution in [-0.4, -0.2) is 19.4 Å². The molecule has 0 aromatic carbocycles. The van der Waals surface area contributed by atoms with Gasteiger partial charge >= 0.3 is 0 Å². The molecular weight excluding hydrogens is 278 g/mol. The third-order valence-corrected chi connectivity index (χ3v) is 2.92. The summed E-state index contributed by atoms with van der Waals surface area (Å²) < 4.78 is 15.3. The molecule has 0 amide bonds. The van der Waals surface area contributed by atoms with E-state index < -0.39 is 5.82 Å². The number of pyridine rings is 1. The van der Waals surface area contributed by atoms with Gasteiger partial charge in [0, 0.05) is 6.20 Å². The summed E-state index contributed by atoms with van der Waals surface area (Å²) in [6.07, 6.45) is 4.23. The second-order valence-electron chi connectivity index (χ2n) is 3.53. The van der Waals surface area contributed by atoms with Gasteiger partial charge in [0.2, 0.25) is 5.28 Å². The molecule has 0 spiro atoms. The number of imidazole rings is 1. The lowest BCUT2D eigenvalue weighted by molar-refractivity contribution is 0.617. The van der Waals surface area contributed by atoms with Crippen molar-refractivity contribution in [1.29, 1.82) is 0 Å². The Balaban J connectivity index is 2.32. The Kier molecular flexibility index (Phi) is 2.65. The summed E-state index contributed by atoms with van der Waals surface area (Å²) in [5.74, 6) is -0.568. The summed E-state index contributed by atoms with van der Waals surface area (Å²) in [6.45, 7) is 0. The van der Waals surface area contributed by atoms with Crippen LogP contribution in [0.4, 0.5) is 4.39 Å². The first-order chi connectivity index (χ1) is 8.66. The van der Waals surface area contributed by atoms with Gasteiger partial charge in [-0.2, -0.15) is 0 Å². The molecule has 0 fully saturated rings. The minimum Gasteiger partial charge on any atom is -0.297 e. The second kappa shape index (κ2) is 4.19. The van der Waals surface area contributed by atoms with Crippen LogP contribution >= 0.6 is 23.2 Å². The molecule has 0 saturated heterocycles. The van der Waals surface area contributed by atoms with Crippen molar-refractivity contribution in [2.45, 2.75) is 0 Å². The van der Waals surface area contributed by atoms with Crippen LogP contribution in [0.2, 0.25) is 10.3 Å². The Morgan fingerprint density at radius 1 is 1.17 bits per heavy atom. The molecular formula is C11H5Cl2FN4. The lowest BCUT2D eigenvalue weighted by Gasteiger charge is -2.03. The van der Waals surface area contributed by atoms with Crippen LogP contribution in [0.3, 0.4) is 0 Å². The van der Waals surface area contributed by atoms with E-state index in [4.69, 9.17) is 23.2 Å². The van der Waals surface area contributed by atoms with Gasteiger partial charge < -0.3 is 0 Å². The highest BCUT2D eigenvalue weighted by Crippen LogP contribution is 2.25. The molecule has 0 aliphatic rings. The van der Waals surface area contributed by atoms with Crippen LogP contribution in [0.1, 0.15) is 0 Å². The van der Waals surface area contributed by atoms with Crippen molar-refractivity contribution in [2.24, 2.45) is 0 Å². The highest BCUT2D eigenvalue weighted by atomic mass is 35.5. The third kappa shape index (κ3) is 1.72. The highest BCUT2D eigenvalue weighted by Gasteiger charge is 2.14. The maximum Gasteiger partial charge on any atom is 0.223 e. The van der Waals surface area contributed by atoms with E-state index in [-0.39, 0.29) is 11.0 Å². The van der Waals surface area contributed by atoms with Crippen molar-refractivity contribution >= 4 is 28.8 Å². The normalized spacial score (nSPS) is 11.1. The fourth-order valence-corrected chi connectivity index (χ4v) is 2.02. The Morgan fingerprint density at radius 3 is 2.83 bits per heavy atom. The molecule has 0 aliphatic carbocycles. The summed E-state index contributed by atoms with van der Waals surface area (Å²) in [4.78, 5) is 11.6. The van der Waals surface area contributed by atoms with Crippen molar-refractivity contribution in [2.75, 3.05) is 0 Å². The molecule has 3 heterocycles. The van der Waals surface area contributed by atoms with E-state index >= 15 is 0 Å². The van der Waals surface area contributed by atoms with E-state index in [2.05, 4.69) is 15.0 Å². The highest BCUT2D eigenvalue weighted by molar-refractivity contribution is 6.33. The van der Waals surface area contributed by atoms with Crippen molar-refractivity contribution in [1.82, 2.24) is 19.4 Å². The van der Waals surface area contributed by atoms with Gasteiger partial charge in [0.25, 0.3) is 0 Å². The van der Waals surface area contributed by atoms with Crippen molar-refractivity contribution in [3.63, 3.8) is 0 Å². The average Bonchev–Trinajstić information content (AvgIpc) is 2.77. The van der Waals surface area contributed by atoms with Crippen LogP contribution < -0.4 is 0 Å². The molecule has 3 rings (SSSR count). The number of hydrogen-bond acceptors (Lipinski definition) is 3.